The van der Waals surface area contributed by atoms with Crippen molar-refractivity contribution in [1.82, 2.24) is 9.80 Å². The van der Waals surface area contributed by atoms with E-state index < -0.39 is 0 Å². The molecule has 2 aliphatic heterocycles. The summed E-state index contributed by atoms with van der Waals surface area (Å²) < 4.78 is 0. The maximum atomic E-state index is 3.51. The van der Waals surface area contributed by atoms with E-state index in [0.717, 1.165) is 12.6 Å². The number of likely N-dealkylation sites (tertiary alicyclic amines) is 2. The van der Waals surface area contributed by atoms with Gasteiger partial charge >= 0.3 is 0 Å². The molecule has 0 amide bonds. The molecule has 2 saturated heterocycles. The van der Waals surface area contributed by atoms with E-state index >= 15 is 0 Å². The van der Waals surface area contributed by atoms with Gasteiger partial charge in [-0.1, -0.05) is 24.6 Å². The zero-order valence-electron chi connectivity index (χ0n) is 13.1. The van der Waals surface area contributed by atoms with Crippen LogP contribution in [-0.2, 0) is 0 Å². The number of hydrogen-bond acceptors (Lipinski definition) is 3. The normalized spacial score (nSPS) is 24.3. The van der Waals surface area contributed by atoms with E-state index in [2.05, 4.69) is 45.4 Å². The second kappa shape index (κ2) is 7.81. The van der Waals surface area contributed by atoms with Gasteiger partial charge in [-0.2, -0.15) is 0 Å². The van der Waals surface area contributed by atoms with Crippen molar-refractivity contribution in [3.8, 4) is 0 Å². The van der Waals surface area contributed by atoms with Crippen molar-refractivity contribution in [3.63, 3.8) is 0 Å². The predicted octanol–water partition coefficient (Wildman–Crippen LogP) is 3.05. The van der Waals surface area contributed by atoms with Crippen LogP contribution in [0.5, 0.6) is 0 Å². The minimum Gasteiger partial charge on any atom is -0.385 e. The van der Waals surface area contributed by atoms with Gasteiger partial charge in [-0.15, -0.1) is 0 Å². The Morgan fingerprint density at radius 3 is 2.62 bits per heavy atom. The average molecular weight is 287 g/mol. The summed E-state index contributed by atoms with van der Waals surface area (Å²) in [6.45, 7) is 7.60. The van der Waals surface area contributed by atoms with Crippen molar-refractivity contribution in [1.29, 1.82) is 0 Å². The molecule has 0 radical (unpaired) electrons. The largest absolute Gasteiger partial charge is 0.385 e. The standard InChI is InChI=1S/C18H29N3/c1-3-8-17(9-4-1)19-11-7-12-20-15-10-18(16-20)21-13-5-2-6-14-21/h1,3-4,8-9,18-19H,2,5-7,10-16H2. The van der Waals surface area contributed by atoms with Gasteiger partial charge in [-0.3, -0.25) is 4.90 Å². The highest BCUT2D eigenvalue weighted by molar-refractivity contribution is 5.42. The molecule has 1 aromatic rings. The lowest BCUT2D eigenvalue weighted by Crippen LogP contribution is -2.41. The zero-order valence-corrected chi connectivity index (χ0v) is 13.1. The van der Waals surface area contributed by atoms with Gasteiger partial charge in [0.25, 0.3) is 0 Å². The maximum absolute atomic E-state index is 3.51. The molecule has 21 heavy (non-hydrogen) atoms. The lowest BCUT2D eigenvalue weighted by Gasteiger charge is -2.32. The van der Waals surface area contributed by atoms with Crippen molar-refractivity contribution in [2.24, 2.45) is 0 Å². The van der Waals surface area contributed by atoms with Gasteiger partial charge in [0.1, 0.15) is 0 Å². The van der Waals surface area contributed by atoms with E-state index in [1.807, 2.05) is 0 Å². The highest BCUT2D eigenvalue weighted by Gasteiger charge is 2.27. The van der Waals surface area contributed by atoms with E-state index in [-0.39, 0.29) is 0 Å². The fourth-order valence-corrected chi connectivity index (χ4v) is 3.69. The third-order valence-electron chi connectivity index (χ3n) is 4.91. The third-order valence-corrected chi connectivity index (χ3v) is 4.91. The lowest BCUT2D eigenvalue weighted by atomic mass is 10.1. The Hall–Kier alpha value is -1.06. The first kappa shape index (κ1) is 14.9. The molecule has 2 aliphatic rings. The fraction of sp³-hybridized carbons (Fsp3) is 0.667. The van der Waals surface area contributed by atoms with Crippen LogP contribution in [0.1, 0.15) is 32.1 Å². The van der Waals surface area contributed by atoms with Gasteiger partial charge in [-0.25, -0.2) is 0 Å². The van der Waals surface area contributed by atoms with E-state index in [0.29, 0.717) is 0 Å². The van der Waals surface area contributed by atoms with Crippen molar-refractivity contribution < 1.29 is 0 Å². The van der Waals surface area contributed by atoms with Crippen molar-refractivity contribution in [2.75, 3.05) is 44.6 Å². The summed E-state index contributed by atoms with van der Waals surface area (Å²) in [4.78, 5) is 5.40. The Morgan fingerprint density at radius 1 is 1.00 bits per heavy atom. The molecule has 2 heterocycles. The zero-order chi connectivity index (χ0) is 14.3. The van der Waals surface area contributed by atoms with Crippen LogP contribution in [0.4, 0.5) is 5.69 Å². The first-order chi connectivity index (χ1) is 10.4. The van der Waals surface area contributed by atoms with Crippen LogP contribution in [0.25, 0.3) is 0 Å². The minimum absolute atomic E-state index is 0.840. The molecule has 2 fully saturated rings. The Morgan fingerprint density at radius 2 is 1.81 bits per heavy atom. The van der Waals surface area contributed by atoms with E-state index in [9.17, 15) is 0 Å². The Bertz CT molecular complexity index is 400. The van der Waals surface area contributed by atoms with Gasteiger partial charge < -0.3 is 10.2 Å². The minimum atomic E-state index is 0.840. The first-order valence-corrected chi connectivity index (χ1v) is 8.67. The molecule has 0 aliphatic carbocycles. The number of benzene rings is 1. The molecule has 3 rings (SSSR count). The number of nitrogens with zero attached hydrogens (tertiary/aromatic N) is 2. The van der Waals surface area contributed by atoms with Gasteiger partial charge in [0.15, 0.2) is 0 Å². The van der Waals surface area contributed by atoms with Gasteiger partial charge in [0.05, 0.1) is 0 Å². The van der Waals surface area contributed by atoms with Crippen LogP contribution in [0, 0.1) is 0 Å². The van der Waals surface area contributed by atoms with Gasteiger partial charge in [0, 0.05) is 24.8 Å². The van der Waals surface area contributed by atoms with E-state index in [4.69, 9.17) is 0 Å². The van der Waals surface area contributed by atoms with Gasteiger partial charge in [-0.05, 0) is 64.0 Å². The predicted molar refractivity (Wildman–Crippen MR) is 89.8 cm³/mol. The van der Waals surface area contributed by atoms with Crippen LogP contribution in [-0.4, -0.2) is 55.1 Å². The maximum Gasteiger partial charge on any atom is 0.0340 e. The molecular formula is C18H29N3. The smallest absolute Gasteiger partial charge is 0.0340 e. The molecular weight excluding hydrogens is 258 g/mol. The molecule has 1 unspecified atom stereocenters. The molecule has 0 bridgehead atoms. The Labute approximate surface area is 129 Å². The third kappa shape index (κ3) is 4.45. The number of piperidine rings is 1. The number of rotatable bonds is 6. The van der Waals surface area contributed by atoms with Crippen molar-refractivity contribution >= 4 is 5.69 Å². The van der Waals surface area contributed by atoms with Crippen molar-refractivity contribution in [3.05, 3.63) is 30.3 Å². The first-order valence-electron chi connectivity index (χ1n) is 8.67. The lowest BCUT2D eigenvalue weighted by molar-refractivity contribution is 0.162. The van der Waals surface area contributed by atoms with Crippen LogP contribution < -0.4 is 5.32 Å². The summed E-state index contributed by atoms with van der Waals surface area (Å²) in [6.07, 6.45) is 6.89. The Balaban J connectivity index is 1.31. The number of hydrogen-bond donors (Lipinski definition) is 1. The summed E-state index contributed by atoms with van der Waals surface area (Å²) in [5, 5.41) is 3.51. The number of anilines is 1. The fourth-order valence-electron chi connectivity index (χ4n) is 3.69. The molecule has 3 heteroatoms. The molecule has 1 atom stereocenters. The molecule has 0 aromatic heterocycles. The van der Waals surface area contributed by atoms with Gasteiger partial charge in [0.2, 0.25) is 0 Å². The summed E-state index contributed by atoms with van der Waals surface area (Å²) in [6, 6.07) is 11.4. The highest BCUT2D eigenvalue weighted by atomic mass is 15.3. The topological polar surface area (TPSA) is 18.5 Å². The van der Waals surface area contributed by atoms with Crippen LogP contribution in [0.15, 0.2) is 30.3 Å². The monoisotopic (exact) mass is 287 g/mol. The Kier molecular flexibility index (Phi) is 5.53. The molecule has 116 valence electrons. The molecule has 0 saturated carbocycles. The average Bonchev–Trinajstić information content (AvgIpc) is 3.02. The summed E-state index contributed by atoms with van der Waals surface area (Å²) in [5.41, 5.74) is 1.24. The summed E-state index contributed by atoms with van der Waals surface area (Å²) in [5.74, 6) is 0. The SMILES string of the molecule is c1ccc(NCCCN2CCC(N3CCCCC3)C2)cc1. The summed E-state index contributed by atoms with van der Waals surface area (Å²) >= 11 is 0. The highest BCUT2D eigenvalue weighted by Crippen LogP contribution is 2.20. The van der Waals surface area contributed by atoms with Crippen LogP contribution >= 0.6 is 0 Å². The quantitative estimate of drug-likeness (QED) is 0.811. The summed E-state index contributed by atoms with van der Waals surface area (Å²) in [7, 11) is 0. The van der Waals surface area contributed by atoms with Crippen LogP contribution in [0.3, 0.4) is 0 Å². The molecule has 1 aromatic carbocycles. The van der Waals surface area contributed by atoms with E-state index in [1.165, 1.54) is 70.5 Å². The van der Waals surface area contributed by atoms with Crippen LogP contribution in [0.2, 0.25) is 0 Å². The second-order valence-corrected chi connectivity index (χ2v) is 6.49. The molecule has 1 N–H and O–H groups in total. The second-order valence-electron chi connectivity index (χ2n) is 6.49. The molecule has 0 spiro atoms. The molecule has 3 nitrogen and oxygen atoms in total. The van der Waals surface area contributed by atoms with Crippen molar-refractivity contribution in [2.45, 2.75) is 38.1 Å². The van der Waals surface area contributed by atoms with E-state index in [1.54, 1.807) is 0 Å². The number of nitrogens with one attached hydrogen (secondary N) is 1. The number of para-hydroxylation sites is 1.